The van der Waals surface area contributed by atoms with E-state index in [1.54, 1.807) is 18.2 Å². The molecular formula is C16H20BNO2S. The lowest BCUT2D eigenvalue weighted by molar-refractivity contribution is 0.00578. The Balaban J connectivity index is 1.87. The molecule has 0 amide bonds. The minimum atomic E-state index is -2.12. The molecule has 0 atom stereocenters. The van der Waals surface area contributed by atoms with Gasteiger partial charge in [-0.15, -0.1) is 11.3 Å². The zero-order valence-corrected chi connectivity index (χ0v) is 13.5. The summed E-state index contributed by atoms with van der Waals surface area (Å²) >= 11 is 1.45. The van der Waals surface area contributed by atoms with E-state index in [0.29, 0.717) is 11.2 Å². The SMILES string of the molecule is [2H]C([2H])([2H])c1cccc(-c2nc(B3OC(C)(C)C(C)(C)O3)cs2)c1. The van der Waals surface area contributed by atoms with Crippen LogP contribution in [0.15, 0.2) is 29.6 Å². The van der Waals surface area contributed by atoms with Gasteiger partial charge in [0.2, 0.25) is 0 Å². The second kappa shape index (κ2) is 4.94. The van der Waals surface area contributed by atoms with Gasteiger partial charge < -0.3 is 9.31 Å². The van der Waals surface area contributed by atoms with Crippen LogP contribution in [0.5, 0.6) is 0 Å². The lowest BCUT2D eigenvalue weighted by Gasteiger charge is -2.32. The molecule has 3 nitrogen and oxygen atoms in total. The number of aryl methyl sites for hydroxylation is 1. The van der Waals surface area contributed by atoms with Crippen LogP contribution < -0.4 is 5.59 Å². The maximum absolute atomic E-state index is 7.54. The monoisotopic (exact) mass is 304 g/mol. The maximum Gasteiger partial charge on any atom is 0.515 e. The Bertz CT molecular complexity index is 742. The highest BCUT2D eigenvalue weighted by Gasteiger charge is 2.52. The largest absolute Gasteiger partial charge is 0.515 e. The fraction of sp³-hybridized carbons (Fsp3) is 0.438. The highest BCUT2D eigenvalue weighted by Crippen LogP contribution is 2.36. The molecule has 21 heavy (non-hydrogen) atoms. The highest BCUT2D eigenvalue weighted by atomic mass is 32.1. The third-order valence-corrected chi connectivity index (χ3v) is 5.04. The Morgan fingerprint density at radius 3 is 2.57 bits per heavy atom. The molecule has 5 heteroatoms. The number of rotatable bonds is 2. The number of hydrogen-bond donors (Lipinski definition) is 0. The highest BCUT2D eigenvalue weighted by molar-refractivity contribution is 7.14. The molecule has 3 rings (SSSR count). The van der Waals surface area contributed by atoms with Crippen LogP contribution in [0.4, 0.5) is 0 Å². The number of benzene rings is 1. The summed E-state index contributed by atoms with van der Waals surface area (Å²) in [5.41, 5.74) is 0.988. The molecule has 1 aliphatic rings. The van der Waals surface area contributed by atoms with Gasteiger partial charge in [-0.2, -0.15) is 0 Å². The van der Waals surface area contributed by atoms with Crippen molar-refractivity contribution in [2.24, 2.45) is 0 Å². The second-order valence-electron chi connectivity index (χ2n) is 6.25. The van der Waals surface area contributed by atoms with Gasteiger partial charge >= 0.3 is 7.12 Å². The van der Waals surface area contributed by atoms with Crippen LogP contribution in [-0.2, 0) is 9.31 Å². The molecule has 0 saturated carbocycles. The van der Waals surface area contributed by atoms with Crippen molar-refractivity contribution in [2.75, 3.05) is 0 Å². The van der Waals surface area contributed by atoms with E-state index in [1.807, 2.05) is 39.1 Å². The van der Waals surface area contributed by atoms with Crippen LogP contribution in [0.3, 0.4) is 0 Å². The first-order valence-electron chi connectivity index (χ1n) is 8.42. The van der Waals surface area contributed by atoms with Crippen molar-refractivity contribution in [1.29, 1.82) is 0 Å². The predicted molar refractivity (Wildman–Crippen MR) is 88.0 cm³/mol. The van der Waals surface area contributed by atoms with Crippen LogP contribution in [0.1, 0.15) is 37.4 Å². The van der Waals surface area contributed by atoms with Gasteiger partial charge in [0.15, 0.2) is 0 Å². The molecule has 1 aromatic heterocycles. The zero-order chi connectivity index (χ0) is 17.8. The molecule has 2 heterocycles. The minimum absolute atomic E-state index is 0.312. The van der Waals surface area contributed by atoms with Crippen LogP contribution in [0, 0.1) is 6.85 Å². The van der Waals surface area contributed by atoms with Crippen molar-refractivity contribution in [3.8, 4) is 10.6 Å². The Morgan fingerprint density at radius 2 is 1.90 bits per heavy atom. The summed E-state index contributed by atoms with van der Waals surface area (Å²) in [7, 11) is -0.509. The molecule has 1 fully saturated rings. The zero-order valence-electron chi connectivity index (χ0n) is 15.6. The Hall–Kier alpha value is -1.17. The first-order valence-corrected chi connectivity index (χ1v) is 7.80. The van der Waals surface area contributed by atoms with Crippen molar-refractivity contribution >= 4 is 24.0 Å². The van der Waals surface area contributed by atoms with Crippen molar-refractivity contribution in [3.05, 3.63) is 35.2 Å². The van der Waals surface area contributed by atoms with Gasteiger partial charge in [-0.25, -0.2) is 4.98 Å². The minimum Gasteiger partial charge on any atom is -0.398 e. The van der Waals surface area contributed by atoms with E-state index in [9.17, 15) is 0 Å². The fourth-order valence-electron chi connectivity index (χ4n) is 2.14. The second-order valence-corrected chi connectivity index (χ2v) is 7.10. The van der Waals surface area contributed by atoms with E-state index in [1.165, 1.54) is 11.3 Å². The summed E-state index contributed by atoms with van der Waals surface area (Å²) in [5, 5.41) is 2.66. The number of aromatic nitrogens is 1. The standard InChI is InChI=1S/C16H20BNO2S/c1-11-7-6-8-12(9-11)14-18-13(10-21-14)17-19-15(2,3)16(4,5)20-17/h6-10H,1-5H3/i1D3. The van der Waals surface area contributed by atoms with Crippen LogP contribution in [0.25, 0.3) is 10.6 Å². The number of thiazole rings is 1. The third kappa shape index (κ3) is 2.66. The molecule has 1 saturated heterocycles. The Kier molecular flexibility index (Phi) is 2.68. The van der Waals surface area contributed by atoms with E-state index >= 15 is 0 Å². The average molecular weight is 304 g/mol. The van der Waals surface area contributed by atoms with E-state index in [2.05, 4.69) is 4.98 Å². The molecule has 0 unspecified atom stereocenters. The van der Waals surface area contributed by atoms with E-state index in [-0.39, 0.29) is 0 Å². The molecular weight excluding hydrogens is 281 g/mol. The third-order valence-electron chi connectivity index (χ3n) is 4.13. The molecule has 1 aliphatic heterocycles. The van der Waals surface area contributed by atoms with Crippen molar-refractivity contribution in [3.63, 3.8) is 0 Å². The van der Waals surface area contributed by atoms with Gasteiger partial charge in [-0.3, -0.25) is 0 Å². The summed E-state index contributed by atoms with van der Waals surface area (Å²) < 4.78 is 34.6. The van der Waals surface area contributed by atoms with E-state index in [0.717, 1.165) is 10.6 Å². The normalized spacial score (nSPS) is 22.7. The van der Waals surface area contributed by atoms with Crippen molar-refractivity contribution in [2.45, 2.75) is 45.7 Å². The molecule has 2 aromatic rings. The quantitative estimate of drug-likeness (QED) is 0.797. The molecule has 110 valence electrons. The van der Waals surface area contributed by atoms with Crippen molar-refractivity contribution < 1.29 is 13.4 Å². The summed E-state index contributed by atoms with van der Waals surface area (Å²) in [6.07, 6.45) is 0. The topological polar surface area (TPSA) is 31.4 Å². The first kappa shape index (κ1) is 11.4. The van der Waals surface area contributed by atoms with Crippen LogP contribution >= 0.6 is 11.3 Å². The van der Waals surface area contributed by atoms with Gasteiger partial charge in [-0.1, -0.05) is 23.8 Å². The number of nitrogens with zero attached hydrogens (tertiary/aromatic N) is 1. The van der Waals surface area contributed by atoms with Gasteiger partial charge in [0.1, 0.15) is 5.01 Å². The fourth-order valence-corrected chi connectivity index (χ4v) is 2.96. The smallest absolute Gasteiger partial charge is 0.398 e. The molecule has 0 spiro atoms. The van der Waals surface area contributed by atoms with Gasteiger partial charge in [0, 0.05) is 15.1 Å². The number of hydrogen-bond acceptors (Lipinski definition) is 4. The summed E-state index contributed by atoms with van der Waals surface area (Å²) in [6, 6.07) is 6.88. The van der Waals surface area contributed by atoms with Crippen LogP contribution in [-0.4, -0.2) is 23.3 Å². The summed E-state index contributed by atoms with van der Waals surface area (Å²) in [6.45, 7) is 5.88. The van der Waals surface area contributed by atoms with Crippen molar-refractivity contribution in [1.82, 2.24) is 4.98 Å². The molecule has 0 bridgehead atoms. The molecule has 1 aromatic carbocycles. The van der Waals surface area contributed by atoms with E-state index < -0.39 is 25.2 Å². The Labute approximate surface area is 134 Å². The molecule has 0 aliphatic carbocycles. The van der Waals surface area contributed by atoms with E-state index in [4.69, 9.17) is 13.4 Å². The lowest BCUT2D eigenvalue weighted by Crippen LogP contribution is -2.41. The first-order chi connectivity index (χ1) is 11.0. The lowest BCUT2D eigenvalue weighted by atomic mass is 9.86. The molecule has 0 N–H and O–H groups in total. The summed E-state index contributed by atoms with van der Waals surface area (Å²) in [5.74, 6) is 0. The average Bonchev–Trinajstić information content (AvgIpc) is 3.02. The molecule has 0 radical (unpaired) electrons. The van der Waals surface area contributed by atoms with Gasteiger partial charge in [0.25, 0.3) is 0 Å². The summed E-state index contributed by atoms with van der Waals surface area (Å²) in [4.78, 5) is 4.60. The van der Waals surface area contributed by atoms with Gasteiger partial charge in [0.05, 0.1) is 16.8 Å². The maximum atomic E-state index is 7.54. The predicted octanol–water partition coefficient (Wildman–Crippen LogP) is 3.42. The Morgan fingerprint density at radius 1 is 1.19 bits per heavy atom. The van der Waals surface area contributed by atoms with Gasteiger partial charge in [-0.05, 0) is 40.6 Å². The van der Waals surface area contributed by atoms with Crippen LogP contribution in [0.2, 0.25) is 0 Å².